The molecule has 1 heterocycles. The molecule has 0 unspecified atom stereocenters. The summed E-state index contributed by atoms with van der Waals surface area (Å²) in [6, 6.07) is 5.05. The Morgan fingerprint density at radius 1 is 1.20 bits per heavy atom. The van der Waals surface area contributed by atoms with Crippen LogP contribution in [0.4, 0.5) is 5.69 Å². The number of benzene rings is 1. The number of nitrogens with two attached hydrogens (primary N) is 1. The van der Waals surface area contributed by atoms with Crippen molar-refractivity contribution in [1.29, 1.82) is 0 Å². The highest BCUT2D eigenvalue weighted by Gasteiger charge is 2.21. The molecule has 0 aliphatic rings. The van der Waals surface area contributed by atoms with Crippen molar-refractivity contribution in [2.75, 3.05) is 11.1 Å². The molecule has 12 heteroatoms. The normalized spacial score (nSPS) is 12.0. The number of sulfonamides is 1. The molecule has 0 bridgehead atoms. The zero-order chi connectivity index (χ0) is 18.8. The van der Waals surface area contributed by atoms with Gasteiger partial charge in [-0.05, 0) is 24.3 Å². The number of amides is 1. The minimum absolute atomic E-state index is 0.123. The zero-order valence-electron chi connectivity index (χ0n) is 12.8. The lowest BCUT2D eigenvalue weighted by atomic mass is 10.3. The predicted octanol–water partition coefficient (Wildman–Crippen LogP) is 0.823. The van der Waals surface area contributed by atoms with Crippen LogP contribution < -0.4 is 10.5 Å². The van der Waals surface area contributed by atoms with E-state index >= 15 is 0 Å². The summed E-state index contributed by atoms with van der Waals surface area (Å²) in [5.41, 5.74) is -0.0776. The molecular formula is C13H13ClN4O5S2. The fraction of sp³-hybridized carbons (Fsp3) is 0.154. The summed E-state index contributed by atoms with van der Waals surface area (Å²) in [7, 11) is -7.56. The third-order valence-corrected chi connectivity index (χ3v) is 5.75. The number of hydrogen-bond acceptors (Lipinski definition) is 7. The van der Waals surface area contributed by atoms with E-state index in [1.165, 1.54) is 31.2 Å². The SMILES string of the molecule is CCS(=O)(=O)c1ncc(Cl)c(C(=O)Nc2ccc(S(N)(=O)=O)cc2)n1. The largest absolute Gasteiger partial charge is 0.321 e. The number of nitrogens with one attached hydrogen (secondary N) is 1. The molecular weight excluding hydrogens is 392 g/mol. The Bertz CT molecular complexity index is 1020. The Labute approximate surface area is 149 Å². The van der Waals surface area contributed by atoms with Crippen LogP contribution in [0.3, 0.4) is 0 Å². The molecule has 0 spiro atoms. The van der Waals surface area contributed by atoms with Crippen LogP contribution in [0.25, 0.3) is 0 Å². The fourth-order valence-corrected chi connectivity index (χ4v) is 3.10. The van der Waals surface area contributed by atoms with Crippen molar-refractivity contribution in [1.82, 2.24) is 9.97 Å². The van der Waals surface area contributed by atoms with Crippen LogP contribution in [0.5, 0.6) is 0 Å². The second kappa shape index (κ2) is 7.04. The van der Waals surface area contributed by atoms with Crippen molar-refractivity contribution in [3.05, 3.63) is 41.2 Å². The number of sulfone groups is 1. The number of anilines is 1. The number of primary sulfonamides is 1. The Morgan fingerprint density at radius 2 is 1.80 bits per heavy atom. The van der Waals surface area contributed by atoms with Gasteiger partial charge in [-0.3, -0.25) is 4.79 Å². The number of hydrogen-bond donors (Lipinski definition) is 2. The summed E-state index contributed by atoms with van der Waals surface area (Å²) in [5, 5.41) is 6.78. The molecule has 1 aromatic carbocycles. The number of aromatic nitrogens is 2. The smallest absolute Gasteiger partial charge is 0.275 e. The van der Waals surface area contributed by atoms with E-state index in [4.69, 9.17) is 16.7 Å². The van der Waals surface area contributed by atoms with Gasteiger partial charge in [-0.1, -0.05) is 18.5 Å². The first-order chi connectivity index (χ1) is 11.5. The zero-order valence-corrected chi connectivity index (χ0v) is 15.2. The van der Waals surface area contributed by atoms with Crippen LogP contribution in [-0.4, -0.2) is 38.5 Å². The van der Waals surface area contributed by atoms with Gasteiger partial charge in [0.25, 0.3) is 5.91 Å². The maximum atomic E-state index is 12.3. The lowest BCUT2D eigenvalue weighted by Crippen LogP contribution is -2.18. The summed E-state index contributed by atoms with van der Waals surface area (Å²) >= 11 is 5.86. The average Bonchev–Trinajstić information content (AvgIpc) is 2.54. The highest BCUT2D eigenvalue weighted by Crippen LogP contribution is 2.18. The first kappa shape index (κ1) is 19.2. The average molecular weight is 405 g/mol. The van der Waals surface area contributed by atoms with Crippen molar-refractivity contribution >= 4 is 43.1 Å². The molecule has 134 valence electrons. The standard InChI is InChI=1S/C13H13ClN4O5S2/c1-2-24(20,21)13-16-7-10(14)11(18-13)12(19)17-8-3-5-9(6-4-8)25(15,22)23/h3-7H,2H2,1H3,(H,17,19)(H2,15,22,23). The molecule has 0 atom stereocenters. The van der Waals surface area contributed by atoms with Gasteiger partial charge in [-0.15, -0.1) is 0 Å². The number of carbonyl (C=O) groups is 1. The molecule has 0 saturated carbocycles. The summed E-state index contributed by atoms with van der Waals surface area (Å²) in [6.45, 7) is 1.42. The van der Waals surface area contributed by atoms with Gasteiger partial charge in [-0.25, -0.2) is 31.9 Å². The van der Waals surface area contributed by atoms with Gasteiger partial charge in [0.05, 0.1) is 21.9 Å². The van der Waals surface area contributed by atoms with Crippen LogP contribution in [0.15, 0.2) is 40.5 Å². The minimum atomic E-state index is -3.85. The van der Waals surface area contributed by atoms with Crippen LogP contribution in [0.2, 0.25) is 5.02 Å². The van der Waals surface area contributed by atoms with Gasteiger partial charge < -0.3 is 5.32 Å². The van der Waals surface area contributed by atoms with Crippen molar-refractivity contribution in [3.63, 3.8) is 0 Å². The van der Waals surface area contributed by atoms with E-state index in [1.807, 2.05) is 0 Å². The molecule has 1 aromatic heterocycles. The quantitative estimate of drug-likeness (QED) is 0.700. The van der Waals surface area contributed by atoms with Crippen molar-refractivity contribution in [2.24, 2.45) is 5.14 Å². The third kappa shape index (κ3) is 4.51. The molecule has 1 amide bonds. The molecule has 0 aliphatic heterocycles. The first-order valence-corrected chi connectivity index (χ1v) is 10.3. The van der Waals surface area contributed by atoms with Crippen LogP contribution in [-0.2, 0) is 19.9 Å². The van der Waals surface area contributed by atoms with Crippen LogP contribution in [0, 0.1) is 0 Å². The molecule has 2 aromatic rings. The Balaban J connectivity index is 2.31. The van der Waals surface area contributed by atoms with Crippen molar-refractivity contribution in [2.45, 2.75) is 17.0 Å². The van der Waals surface area contributed by atoms with E-state index in [2.05, 4.69) is 15.3 Å². The van der Waals surface area contributed by atoms with Gasteiger partial charge in [0.1, 0.15) is 0 Å². The highest BCUT2D eigenvalue weighted by molar-refractivity contribution is 7.91. The maximum absolute atomic E-state index is 12.3. The number of nitrogens with zero attached hydrogens (tertiary/aromatic N) is 2. The Morgan fingerprint density at radius 3 is 2.32 bits per heavy atom. The van der Waals surface area contributed by atoms with E-state index in [1.54, 1.807) is 0 Å². The lowest BCUT2D eigenvalue weighted by Gasteiger charge is -2.08. The lowest BCUT2D eigenvalue weighted by molar-refractivity contribution is 0.102. The van der Waals surface area contributed by atoms with E-state index < -0.39 is 30.9 Å². The molecule has 25 heavy (non-hydrogen) atoms. The molecule has 9 nitrogen and oxygen atoms in total. The minimum Gasteiger partial charge on any atom is -0.321 e. The van der Waals surface area contributed by atoms with E-state index in [9.17, 15) is 21.6 Å². The maximum Gasteiger partial charge on any atom is 0.275 e. The van der Waals surface area contributed by atoms with Crippen molar-refractivity contribution < 1.29 is 21.6 Å². The van der Waals surface area contributed by atoms with Crippen LogP contribution >= 0.6 is 11.6 Å². The molecule has 0 aliphatic carbocycles. The summed E-state index contributed by atoms with van der Waals surface area (Å²) in [5.74, 6) is -1.01. The molecule has 0 fully saturated rings. The Hall–Kier alpha value is -2.08. The summed E-state index contributed by atoms with van der Waals surface area (Å²) < 4.78 is 46.0. The van der Waals surface area contributed by atoms with Gasteiger partial charge in [0, 0.05) is 5.69 Å². The van der Waals surface area contributed by atoms with Gasteiger partial charge in [-0.2, -0.15) is 0 Å². The first-order valence-electron chi connectivity index (χ1n) is 6.74. The molecule has 3 N–H and O–H groups in total. The van der Waals surface area contributed by atoms with E-state index in [0.29, 0.717) is 0 Å². The summed E-state index contributed by atoms with van der Waals surface area (Å²) in [6.07, 6.45) is 1.02. The van der Waals surface area contributed by atoms with Gasteiger partial charge in [0.15, 0.2) is 5.69 Å². The van der Waals surface area contributed by atoms with Crippen molar-refractivity contribution in [3.8, 4) is 0 Å². The number of carbonyl (C=O) groups excluding carboxylic acids is 1. The molecule has 2 rings (SSSR count). The monoisotopic (exact) mass is 404 g/mol. The number of rotatable bonds is 5. The van der Waals surface area contributed by atoms with Crippen LogP contribution in [0.1, 0.15) is 17.4 Å². The highest BCUT2D eigenvalue weighted by atomic mass is 35.5. The topological polar surface area (TPSA) is 149 Å². The predicted molar refractivity (Wildman–Crippen MR) is 90.5 cm³/mol. The number of halogens is 1. The third-order valence-electron chi connectivity index (χ3n) is 3.04. The molecule has 0 radical (unpaired) electrons. The fourth-order valence-electron chi connectivity index (χ4n) is 1.71. The summed E-state index contributed by atoms with van der Waals surface area (Å²) in [4.78, 5) is 19.5. The van der Waals surface area contributed by atoms with E-state index in [0.717, 1.165) is 6.20 Å². The second-order valence-corrected chi connectivity index (χ2v) is 8.92. The van der Waals surface area contributed by atoms with Gasteiger partial charge in [0.2, 0.25) is 25.0 Å². The second-order valence-electron chi connectivity index (χ2n) is 4.78. The molecule has 0 saturated heterocycles. The Kier molecular flexibility index (Phi) is 5.42. The van der Waals surface area contributed by atoms with Gasteiger partial charge >= 0.3 is 0 Å². The van der Waals surface area contributed by atoms with E-state index in [-0.39, 0.29) is 27.1 Å².